The van der Waals surface area contributed by atoms with E-state index in [-0.39, 0.29) is 0 Å². The van der Waals surface area contributed by atoms with Crippen molar-refractivity contribution in [2.75, 3.05) is 14.2 Å². The van der Waals surface area contributed by atoms with Crippen LogP contribution in [-0.2, 0) is 19.9 Å². The maximum Gasteiger partial charge on any atom is 0.146 e. The van der Waals surface area contributed by atoms with Crippen LogP contribution >= 0.6 is 0 Å². The molecule has 2 unspecified atom stereocenters. The molecule has 0 saturated heterocycles. The Kier molecular flexibility index (Phi) is 3.22. The molecule has 2 aliphatic rings. The molecular formula is C15H18N2O3. The molecule has 1 aromatic heterocycles. The van der Waals surface area contributed by atoms with Crippen molar-refractivity contribution in [2.45, 2.75) is 24.4 Å². The first kappa shape index (κ1) is 13.1. The molecular weight excluding hydrogens is 256 g/mol. The van der Waals surface area contributed by atoms with Crippen molar-refractivity contribution in [2.24, 2.45) is 5.92 Å². The van der Waals surface area contributed by atoms with E-state index in [1.165, 1.54) is 12.8 Å². The highest BCUT2D eigenvalue weighted by Crippen LogP contribution is 2.42. The summed E-state index contributed by atoms with van der Waals surface area (Å²) in [6, 6.07) is 0. The summed E-state index contributed by atoms with van der Waals surface area (Å²) in [6.07, 6.45) is 10.4. The molecule has 5 nitrogen and oxygen atoms in total. The number of rotatable bonds is 5. The van der Waals surface area contributed by atoms with Crippen LogP contribution in [-0.4, -0.2) is 30.5 Å². The monoisotopic (exact) mass is 274 g/mol. The highest BCUT2D eigenvalue weighted by atomic mass is 16.5. The van der Waals surface area contributed by atoms with Crippen LogP contribution in [0, 0.1) is 5.92 Å². The standard InChI is InChI=1S/C15H18N2O3/c1-19-12-6-5-11(9-18)15(7-12,20-2)13-8-16-14(17-13)10-3-4-10/h5-11H,3-4H2,1-2H3,(H,16,17). The van der Waals surface area contributed by atoms with Gasteiger partial charge in [0.1, 0.15) is 23.5 Å². The first-order valence-electron chi connectivity index (χ1n) is 6.74. The van der Waals surface area contributed by atoms with E-state index in [1.807, 2.05) is 12.3 Å². The minimum Gasteiger partial charge on any atom is -0.497 e. The zero-order valence-electron chi connectivity index (χ0n) is 11.6. The van der Waals surface area contributed by atoms with Crippen molar-refractivity contribution in [3.63, 3.8) is 0 Å². The lowest BCUT2D eigenvalue weighted by Crippen LogP contribution is -2.38. The van der Waals surface area contributed by atoms with Crippen LogP contribution in [0.3, 0.4) is 0 Å². The molecule has 0 amide bonds. The number of H-pyrrole nitrogens is 1. The number of nitrogens with one attached hydrogen (secondary N) is 1. The number of ether oxygens (including phenoxy) is 2. The van der Waals surface area contributed by atoms with E-state index in [0.717, 1.165) is 17.8 Å². The third-order valence-electron chi connectivity index (χ3n) is 4.00. The predicted molar refractivity (Wildman–Crippen MR) is 73.0 cm³/mol. The van der Waals surface area contributed by atoms with Gasteiger partial charge in [-0.15, -0.1) is 0 Å². The van der Waals surface area contributed by atoms with Gasteiger partial charge in [-0.05, 0) is 25.0 Å². The van der Waals surface area contributed by atoms with E-state index < -0.39 is 11.5 Å². The fourth-order valence-electron chi connectivity index (χ4n) is 2.62. The highest BCUT2D eigenvalue weighted by Gasteiger charge is 2.43. The van der Waals surface area contributed by atoms with Crippen LogP contribution in [0.4, 0.5) is 0 Å². The van der Waals surface area contributed by atoms with Crippen molar-refractivity contribution in [3.05, 3.63) is 41.7 Å². The molecule has 1 saturated carbocycles. The molecule has 0 spiro atoms. The summed E-state index contributed by atoms with van der Waals surface area (Å²) >= 11 is 0. The first-order valence-corrected chi connectivity index (χ1v) is 6.74. The molecule has 1 aromatic rings. The summed E-state index contributed by atoms with van der Waals surface area (Å²) < 4.78 is 11.0. The van der Waals surface area contributed by atoms with Gasteiger partial charge >= 0.3 is 0 Å². The normalized spacial score (nSPS) is 29.1. The summed E-state index contributed by atoms with van der Waals surface area (Å²) in [4.78, 5) is 19.2. The number of carbonyl (C=O) groups excluding carboxylic acids is 1. The van der Waals surface area contributed by atoms with E-state index >= 15 is 0 Å². The van der Waals surface area contributed by atoms with Gasteiger partial charge in [-0.25, -0.2) is 4.98 Å². The lowest BCUT2D eigenvalue weighted by Gasteiger charge is -2.33. The average molecular weight is 274 g/mol. The van der Waals surface area contributed by atoms with Crippen molar-refractivity contribution < 1.29 is 14.3 Å². The number of aromatic nitrogens is 2. The van der Waals surface area contributed by atoms with Gasteiger partial charge in [0.05, 0.1) is 18.7 Å². The largest absolute Gasteiger partial charge is 0.497 e. The van der Waals surface area contributed by atoms with Gasteiger partial charge in [0.2, 0.25) is 0 Å². The molecule has 1 heterocycles. The van der Waals surface area contributed by atoms with Crippen molar-refractivity contribution in [1.82, 2.24) is 9.97 Å². The van der Waals surface area contributed by atoms with Crippen molar-refractivity contribution >= 4 is 6.29 Å². The van der Waals surface area contributed by atoms with Gasteiger partial charge in [0.25, 0.3) is 0 Å². The SMILES string of the molecule is COC1=CC(OC)(c2c[nH]c(C3CC3)n2)C(C=O)C=C1. The Labute approximate surface area is 117 Å². The molecule has 1 fully saturated rings. The highest BCUT2D eigenvalue weighted by molar-refractivity contribution is 5.62. The molecule has 2 aliphatic carbocycles. The second-order valence-corrected chi connectivity index (χ2v) is 5.21. The number of allylic oxidation sites excluding steroid dienone is 1. The fourth-order valence-corrected chi connectivity index (χ4v) is 2.62. The van der Waals surface area contributed by atoms with E-state index in [4.69, 9.17) is 9.47 Å². The Morgan fingerprint density at radius 3 is 2.85 bits per heavy atom. The number of carbonyl (C=O) groups is 1. The lowest BCUT2D eigenvalue weighted by atomic mass is 9.81. The Morgan fingerprint density at radius 2 is 2.25 bits per heavy atom. The van der Waals surface area contributed by atoms with Gasteiger partial charge in [-0.2, -0.15) is 0 Å². The van der Waals surface area contributed by atoms with E-state index in [2.05, 4.69) is 9.97 Å². The molecule has 106 valence electrons. The minimum atomic E-state index is -0.897. The lowest BCUT2D eigenvalue weighted by molar-refractivity contribution is -0.117. The summed E-state index contributed by atoms with van der Waals surface area (Å²) in [5.41, 5.74) is -0.177. The molecule has 2 atom stereocenters. The maximum atomic E-state index is 11.4. The number of imidazole rings is 1. The first-order chi connectivity index (χ1) is 9.73. The Balaban J connectivity index is 2.04. The number of aldehydes is 1. The van der Waals surface area contributed by atoms with Crippen LogP contribution in [0.5, 0.6) is 0 Å². The molecule has 20 heavy (non-hydrogen) atoms. The smallest absolute Gasteiger partial charge is 0.146 e. The summed E-state index contributed by atoms with van der Waals surface area (Å²) in [5.74, 6) is 1.75. The van der Waals surface area contributed by atoms with Crippen LogP contribution in [0.15, 0.2) is 30.2 Å². The Bertz CT molecular complexity index is 571. The zero-order valence-corrected chi connectivity index (χ0v) is 11.6. The Morgan fingerprint density at radius 1 is 1.45 bits per heavy atom. The quantitative estimate of drug-likeness (QED) is 0.835. The molecule has 0 aromatic carbocycles. The minimum absolute atomic E-state index is 0.415. The van der Waals surface area contributed by atoms with Crippen molar-refractivity contribution in [3.8, 4) is 0 Å². The van der Waals surface area contributed by atoms with Gasteiger partial charge in [0.15, 0.2) is 0 Å². The molecule has 0 bridgehead atoms. The molecule has 0 radical (unpaired) electrons. The number of hydrogen-bond donors (Lipinski definition) is 1. The van der Waals surface area contributed by atoms with Crippen molar-refractivity contribution in [1.29, 1.82) is 0 Å². The van der Waals surface area contributed by atoms with Crippen LogP contribution < -0.4 is 0 Å². The second-order valence-electron chi connectivity index (χ2n) is 5.21. The Hall–Kier alpha value is -1.88. The molecule has 1 N–H and O–H groups in total. The fraction of sp³-hybridized carbons (Fsp3) is 0.467. The van der Waals surface area contributed by atoms with E-state index in [1.54, 1.807) is 26.4 Å². The van der Waals surface area contributed by atoms with Crippen LogP contribution in [0.25, 0.3) is 0 Å². The van der Waals surface area contributed by atoms with Crippen LogP contribution in [0.2, 0.25) is 0 Å². The third-order valence-corrected chi connectivity index (χ3v) is 4.00. The number of methoxy groups -OCH3 is 2. The molecule has 5 heteroatoms. The number of hydrogen-bond acceptors (Lipinski definition) is 4. The summed E-state index contributed by atoms with van der Waals surface area (Å²) in [6.45, 7) is 0. The topological polar surface area (TPSA) is 64.2 Å². The predicted octanol–water partition coefficient (Wildman–Crippen LogP) is 2.04. The molecule has 3 rings (SSSR count). The number of nitrogens with zero attached hydrogens (tertiary/aromatic N) is 1. The average Bonchev–Trinajstić information content (AvgIpc) is 3.23. The van der Waals surface area contributed by atoms with E-state index in [9.17, 15) is 4.79 Å². The third kappa shape index (κ3) is 1.98. The van der Waals surface area contributed by atoms with Gasteiger partial charge in [-0.1, -0.05) is 6.08 Å². The summed E-state index contributed by atoms with van der Waals surface area (Å²) in [7, 11) is 3.18. The maximum absolute atomic E-state index is 11.4. The zero-order chi connectivity index (χ0) is 14.2. The van der Waals surface area contributed by atoms with Gasteiger partial charge in [-0.3, -0.25) is 0 Å². The molecule has 0 aliphatic heterocycles. The number of aromatic amines is 1. The van der Waals surface area contributed by atoms with Gasteiger partial charge < -0.3 is 19.3 Å². The van der Waals surface area contributed by atoms with E-state index in [0.29, 0.717) is 11.7 Å². The second kappa shape index (κ2) is 4.90. The van der Waals surface area contributed by atoms with Crippen LogP contribution in [0.1, 0.15) is 30.3 Å². The summed E-state index contributed by atoms with van der Waals surface area (Å²) in [5, 5.41) is 0. The van der Waals surface area contributed by atoms with Gasteiger partial charge in [0, 0.05) is 19.2 Å².